The topological polar surface area (TPSA) is 73.0 Å². The van der Waals surface area contributed by atoms with E-state index in [1.165, 1.54) is 24.6 Å². The molecule has 1 aliphatic rings. The van der Waals surface area contributed by atoms with Crippen LogP contribution in [0.2, 0.25) is 5.02 Å². The van der Waals surface area contributed by atoms with Gasteiger partial charge in [-0.3, -0.25) is 9.36 Å². The first kappa shape index (κ1) is 20.0. The van der Waals surface area contributed by atoms with E-state index in [9.17, 15) is 4.79 Å². The van der Waals surface area contributed by atoms with Gasteiger partial charge in [-0.15, -0.1) is 10.2 Å². The molecule has 2 heterocycles. The monoisotopic (exact) mass is 430 g/mol. The first-order valence-corrected chi connectivity index (χ1v) is 11.1. The van der Waals surface area contributed by atoms with E-state index in [-0.39, 0.29) is 17.7 Å². The fraction of sp³-hybridized carbons (Fsp3) is 0.381. The Labute approximate surface area is 179 Å². The Kier molecular flexibility index (Phi) is 6.25. The second kappa shape index (κ2) is 9.05. The van der Waals surface area contributed by atoms with Gasteiger partial charge in [-0.25, -0.2) is 0 Å². The van der Waals surface area contributed by atoms with Gasteiger partial charge in [-0.2, -0.15) is 0 Å². The van der Waals surface area contributed by atoms with Gasteiger partial charge < -0.3 is 9.73 Å². The average molecular weight is 431 g/mol. The van der Waals surface area contributed by atoms with Crippen LogP contribution in [0.25, 0.3) is 11.4 Å². The molecule has 6 nitrogen and oxygen atoms in total. The Morgan fingerprint density at radius 2 is 2.07 bits per heavy atom. The number of halogens is 1. The molecule has 1 aliphatic carbocycles. The Morgan fingerprint density at radius 1 is 1.28 bits per heavy atom. The number of rotatable bonds is 7. The quantitative estimate of drug-likeness (QED) is 0.516. The van der Waals surface area contributed by atoms with Crippen LogP contribution in [0, 0.1) is 0 Å². The molecule has 1 amide bonds. The predicted octanol–water partition coefficient (Wildman–Crippen LogP) is 5.28. The van der Waals surface area contributed by atoms with E-state index in [0.717, 1.165) is 35.1 Å². The van der Waals surface area contributed by atoms with Crippen LogP contribution < -0.4 is 5.32 Å². The SMILES string of the molecule is CC(NC(=O)CSc1nnc(-c2ccccc2Cl)n1C1CCCC1)c1ccco1. The second-order valence-corrected chi connectivity index (χ2v) is 8.54. The summed E-state index contributed by atoms with van der Waals surface area (Å²) in [7, 11) is 0. The van der Waals surface area contributed by atoms with Gasteiger partial charge in [0.05, 0.1) is 23.1 Å². The first-order valence-electron chi connectivity index (χ1n) is 9.79. The van der Waals surface area contributed by atoms with Crippen LogP contribution in [0.1, 0.15) is 50.5 Å². The molecular weight excluding hydrogens is 408 g/mol. The molecule has 1 unspecified atom stereocenters. The van der Waals surface area contributed by atoms with E-state index in [4.69, 9.17) is 16.0 Å². The highest BCUT2D eigenvalue weighted by atomic mass is 35.5. The Hall–Kier alpha value is -2.25. The molecule has 1 atom stereocenters. The summed E-state index contributed by atoms with van der Waals surface area (Å²) in [6, 6.07) is 11.5. The lowest BCUT2D eigenvalue weighted by atomic mass is 10.2. The number of thioether (sulfide) groups is 1. The van der Waals surface area contributed by atoms with Gasteiger partial charge in [0.1, 0.15) is 5.76 Å². The minimum absolute atomic E-state index is 0.0702. The van der Waals surface area contributed by atoms with Crippen molar-refractivity contribution in [2.45, 2.75) is 49.8 Å². The number of benzene rings is 1. The maximum atomic E-state index is 12.4. The molecule has 3 aromatic rings. The molecular formula is C21H23ClN4O2S. The lowest BCUT2D eigenvalue weighted by Gasteiger charge is -2.17. The fourth-order valence-corrected chi connectivity index (χ4v) is 4.75. The molecule has 0 bridgehead atoms. The minimum Gasteiger partial charge on any atom is -0.467 e. The lowest BCUT2D eigenvalue weighted by Crippen LogP contribution is -2.28. The van der Waals surface area contributed by atoms with Crippen molar-refractivity contribution in [2.75, 3.05) is 5.75 Å². The van der Waals surface area contributed by atoms with Crippen LogP contribution >= 0.6 is 23.4 Å². The largest absolute Gasteiger partial charge is 0.467 e. The number of nitrogens with zero attached hydrogens (tertiary/aromatic N) is 3. The van der Waals surface area contributed by atoms with Gasteiger partial charge in [-0.05, 0) is 44.0 Å². The zero-order valence-electron chi connectivity index (χ0n) is 16.2. The zero-order chi connectivity index (χ0) is 20.2. The summed E-state index contributed by atoms with van der Waals surface area (Å²) in [6.07, 6.45) is 6.16. The molecule has 1 N–H and O–H groups in total. The summed E-state index contributed by atoms with van der Waals surface area (Å²) in [5.41, 5.74) is 0.872. The highest BCUT2D eigenvalue weighted by molar-refractivity contribution is 7.99. The van der Waals surface area contributed by atoms with Gasteiger partial charge in [0.15, 0.2) is 11.0 Å². The molecule has 1 fully saturated rings. The Balaban J connectivity index is 1.51. The fourth-order valence-electron chi connectivity index (χ4n) is 3.72. The van der Waals surface area contributed by atoms with Gasteiger partial charge in [-0.1, -0.05) is 48.3 Å². The molecule has 1 saturated carbocycles. The summed E-state index contributed by atoms with van der Waals surface area (Å²) in [5.74, 6) is 1.70. The normalized spacial score (nSPS) is 15.5. The van der Waals surface area contributed by atoms with Crippen LogP contribution in [-0.4, -0.2) is 26.4 Å². The number of hydrogen-bond donors (Lipinski definition) is 1. The maximum absolute atomic E-state index is 12.4. The van der Waals surface area contributed by atoms with Crippen molar-refractivity contribution < 1.29 is 9.21 Å². The van der Waals surface area contributed by atoms with Gasteiger partial charge >= 0.3 is 0 Å². The molecule has 0 spiro atoms. The van der Waals surface area contributed by atoms with Crippen LogP contribution in [0.3, 0.4) is 0 Å². The smallest absolute Gasteiger partial charge is 0.231 e. The number of hydrogen-bond acceptors (Lipinski definition) is 5. The van der Waals surface area contributed by atoms with Crippen molar-refractivity contribution in [3.8, 4) is 11.4 Å². The van der Waals surface area contributed by atoms with E-state index in [1.807, 2.05) is 43.3 Å². The number of carbonyl (C=O) groups excluding carboxylic acids is 1. The highest BCUT2D eigenvalue weighted by Crippen LogP contribution is 2.38. The van der Waals surface area contributed by atoms with E-state index in [1.54, 1.807) is 6.26 Å². The number of aromatic nitrogens is 3. The third-order valence-electron chi connectivity index (χ3n) is 5.15. The summed E-state index contributed by atoms with van der Waals surface area (Å²) < 4.78 is 7.52. The van der Waals surface area contributed by atoms with E-state index in [0.29, 0.717) is 11.1 Å². The van der Waals surface area contributed by atoms with Crippen LogP contribution in [0.4, 0.5) is 0 Å². The predicted molar refractivity (Wildman–Crippen MR) is 114 cm³/mol. The van der Waals surface area contributed by atoms with Crippen molar-refractivity contribution >= 4 is 29.3 Å². The van der Waals surface area contributed by atoms with E-state index >= 15 is 0 Å². The molecule has 1 aromatic carbocycles. The third kappa shape index (κ3) is 4.51. The van der Waals surface area contributed by atoms with Crippen molar-refractivity contribution in [1.29, 1.82) is 0 Å². The number of amides is 1. The van der Waals surface area contributed by atoms with Crippen LogP contribution in [-0.2, 0) is 4.79 Å². The highest BCUT2D eigenvalue weighted by Gasteiger charge is 2.26. The summed E-state index contributed by atoms with van der Waals surface area (Å²) >= 11 is 7.83. The van der Waals surface area contributed by atoms with Crippen molar-refractivity contribution in [3.63, 3.8) is 0 Å². The molecule has 4 rings (SSSR count). The summed E-state index contributed by atoms with van der Waals surface area (Å²) in [5, 5.41) is 13.2. The van der Waals surface area contributed by atoms with E-state index < -0.39 is 0 Å². The van der Waals surface area contributed by atoms with Crippen LogP contribution in [0.15, 0.2) is 52.2 Å². The average Bonchev–Trinajstić information content (AvgIpc) is 3.47. The number of furan rings is 1. The molecule has 0 saturated heterocycles. The van der Waals surface area contributed by atoms with E-state index in [2.05, 4.69) is 20.1 Å². The standard InChI is InChI=1S/C21H23ClN4O2S/c1-14(18-11-6-12-28-18)23-19(27)13-29-21-25-24-20(16-9-4-5-10-17(16)22)26(21)15-7-2-3-8-15/h4-6,9-12,14-15H,2-3,7-8,13H2,1H3,(H,23,27). The Morgan fingerprint density at radius 3 is 2.79 bits per heavy atom. The van der Waals surface area contributed by atoms with Crippen molar-refractivity contribution in [2.24, 2.45) is 0 Å². The van der Waals surface area contributed by atoms with Crippen LogP contribution in [0.5, 0.6) is 0 Å². The van der Waals surface area contributed by atoms with Crippen molar-refractivity contribution in [1.82, 2.24) is 20.1 Å². The molecule has 0 aliphatic heterocycles. The van der Waals surface area contributed by atoms with Crippen molar-refractivity contribution in [3.05, 3.63) is 53.4 Å². The minimum atomic E-state index is -0.176. The number of carbonyl (C=O) groups is 1. The lowest BCUT2D eigenvalue weighted by molar-refractivity contribution is -0.119. The maximum Gasteiger partial charge on any atom is 0.231 e. The molecule has 0 radical (unpaired) electrons. The number of nitrogens with one attached hydrogen (secondary N) is 1. The molecule has 8 heteroatoms. The zero-order valence-corrected chi connectivity index (χ0v) is 17.7. The first-order chi connectivity index (χ1) is 14.1. The molecule has 29 heavy (non-hydrogen) atoms. The molecule has 152 valence electrons. The summed E-state index contributed by atoms with van der Waals surface area (Å²) in [6.45, 7) is 1.90. The second-order valence-electron chi connectivity index (χ2n) is 7.19. The van der Waals surface area contributed by atoms with Gasteiger partial charge in [0, 0.05) is 11.6 Å². The molecule has 2 aromatic heterocycles. The third-order valence-corrected chi connectivity index (χ3v) is 6.42. The Bertz CT molecular complexity index is 967. The van der Waals surface area contributed by atoms with Gasteiger partial charge in [0.2, 0.25) is 5.91 Å². The van der Waals surface area contributed by atoms with Gasteiger partial charge in [0.25, 0.3) is 0 Å². The summed E-state index contributed by atoms with van der Waals surface area (Å²) in [4.78, 5) is 12.4.